The van der Waals surface area contributed by atoms with Crippen LogP contribution in [0.4, 0.5) is 9.59 Å². The Morgan fingerprint density at radius 1 is 1.11 bits per heavy atom. The average Bonchev–Trinajstić information content (AvgIpc) is 3.18. The number of aryl methyl sites for hydroxylation is 1. The monoisotopic (exact) mass is 529 g/mol. The van der Waals surface area contributed by atoms with Gasteiger partial charge in [-0.3, -0.25) is 4.57 Å². The Balaban J connectivity index is 1.27. The summed E-state index contributed by atoms with van der Waals surface area (Å²) in [5, 5.41) is 15.3. The number of halogens is 1. The first-order chi connectivity index (χ1) is 17.9. The molecular weight excluding hydrogens is 498 g/mol. The largest absolute Gasteiger partial charge is 0.491 e. The summed E-state index contributed by atoms with van der Waals surface area (Å²) in [7, 11) is 0. The molecule has 4 rings (SSSR count). The second-order valence-corrected chi connectivity index (χ2v) is 9.63. The Kier molecular flexibility index (Phi) is 8.73. The van der Waals surface area contributed by atoms with Gasteiger partial charge in [-0.05, 0) is 75.2 Å². The third kappa shape index (κ3) is 6.64. The molecule has 1 aliphatic heterocycles. The van der Waals surface area contributed by atoms with E-state index in [0.29, 0.717) is 35.9 Å². The number of carboxylic acid groups (broad SMARTS) is 1. The van der Waals surface area contributed by atoms with Crippen molar-refractivity contribution in [2.24, 2.45) is 5.92 Å². The molecule has 1 aliphatic rings. The molecule has 3 aromatic rings. The second kappa shape index (κ2) is 12.2. The Labute approximate surface area is 219 Å². The lowest BCUT2D eigenvalue weighted by Gasteiger charge is -2.34. The minimum absolute atomic E-state index is 0.198. The quantitative estimate of drug-likeness (QED) is 0.391. The summed E-state index contributed by atoms with van der Waals surface area (Å²) >= 11 is 5.90. The van der Waals surface area contributed by atoms with Gasteiger partial charge in [-0.15, -0.1) is 0 Å². The average molecular weight is 530 g/mol. The number of imidazole rings is 1. The smallest absolute Gasteiger partial charge is 0.405 e. The van der Waals surface area contributed by atoms with Crippen molar-refractivity contribution in [2.45, 2.75) is 32.4 Å². The summed E-state index contributed by atoms with van der Waals surface area (Å²) in [5.74, 6) is 0.892. The number of hydrogen-bond acceptors (Lipinski definition) is 5. The normalized spacial score (nSPS) is 15.4. The number of carbonyl (C=O) groups is 2. The second-order valence-electron chi connectivity index (χ2n) is 9.19. The van der Waals surface area contributed by atoms with E-state index in [-0.39, 0.29) is 18.2 Å². The molecule has 11 heteroatoms. The number of fused-ring (bicyclic) bond motifs is 1. The number of ether oxygens (including phenoxy) is 1. The molecular formula is C26H32ClN5O5. The van der Waals surface area contributed by atoms with Crippen molar-refractivity contribution in [3.05, 3.63) is 64.0 Å². The van der Waals surface area contributed by atoms with Crippen LogP contribution in [0.2, 0.25) is 5.02 Å². The molecule has 0 radical (unpaired) electrons. The Morgan fingerprint density at radius 3 is 2.43 bits per heavy atom. The van der Waals surface area contributed by atoms with Crippen LogP contribution in [0.1, 0.15) is 19.8 Å². The number of nitrogens with one attached hydrogen (secondary N) is 2. The number of benzene rings is 2. The SMILES string of the molecule is CCn1c(=O)n(C(=O)NCC2CCN(CC(COc3ccc(Cl)cc3)NC(=O)O)CC2)c2ccccc21. The van der Waals surface area contributed by atoms with Crippen molar-refractivity contribution in [2.75, 3.05) is 32.8 Å². The number of rotatable bonds is 9. The number of amides is 2. The van der Waals surface area contributed by atoms with E-state index < -0.39 is 18.2 Å². The highest BCUT2D eigenvalue weighted by molar-refractivity contribution is 6.30. The van der Waals surface area contributed by atoms with Crippen molar-refractivity contribution in [1.29, 1.82) is 0 Å². The van der Waals surface area contributed by atoms with E-state index in [9.17, 15) is 19.5 Å². The van der Waals surface area contributed by atoms with Crippen molar-refractivity contribution < 1.29 is 19.4 Å². The first-order valence-electron chi connectivity index (χ1n) is 12.4. The van der Waals surface area contributed by atoms with Gasteiger partial charge in [0.1, 0.15) is 12.4 Å². The maximum Gasteiger partial charge on any atom is 0.405 e. The number of hydrogen-bond donors (Lipinski definition) is 3. The van der Waals surface area contributed by atoms with Gasteiger partial charge in [0.05, 0.1) is 17.1 Å². The molecule has 3 N–H and O–H groups in total. The summed E-state index contributed by atoms with van der Waals surface area (Å²) in [6, 6.07) is 13.4. The summed E-state index contributed by atoms with van der Waals surface area (Å²) in [6.45, 7) is 5.10. The molecule has 0 bridgehead atoms. The van der Waals surface area contributed by atoms with Crippen LogP contribution in [0.15, 0.2) is 53.3 Å². The maximum atomic E-state index is 12.9. The standard InChI is InChI=1S/C26H32ClN5O5/c1-2-31-22-5-3-4-6-23(22)32(26(31)36)24(33)28-15-18-11-13-30(14-12-18)16-20(29-25(34)35)17-37-21-9-7-19(27)8-10-21/h3-10,18,20,29H,2,11-17H2,1H3,(H,28,33)(H,34,35). The van der Waals surface area contributed by atoms with Crippen LogP contribution >= 0.6 is 11.6 Å². The predicted molar refractivity (Wildman–Crippen MR) is 142 cm³/mol. The fourth-order valence-corrected chi connectivity index (χ4v) is 4.87. The van der Waals surface area contributed by atoms with Crippen LogP contribution < -0.4 is 21.1 Å². The van der Waals surface area contributed by atoms with Crippen molar-refractivity contribution in [3.8, 4) is 5.75 Å². The number of aromatic nitrogens is 2. The minimum Gasteiger partial charge on any atom is -0.491 e. The zero-order valence-electron chi connectivity index (χ0n) is 20.7. The molecule has 1 aromatic heterocycles. The summed E-state index contributed by atoms with van der Waals surface area (Å²) in [4.78, 5) is 39.2. The zero-order valence-corrected chi connectivity index (χ0v) is 21.5. The molecule has 2 heterocycles. The zero-order chi connectivity index (χ0) is 26.4. The van der Waals surface area contributed by atoms with Crippen LogP contribution in [0.3, 0.4) is 0 Å². The molecule has 37 heavy (non-hydrogen) atoms. The van der Waals surface area contributed by atoms with Gasteiger partial charge in [-0.2, -0.15) is 0 Å². The number of nitrogens with zero attached hydrogens (tertiary/aromatic N) is 3. The number of carbonyl (C=O) groups excluding carboxylic acids is 1. The highest BCUT2D eigenvalue weighted by Crippen LogP contribution is 2.19. The van der Waals surface area contributed by atoms with E-state index in [1.807, 2.05) is 25.1 Å². The van der Waals surface area contributed by atoms with E-state index in [2.05, 4.69) is 15.5 Å². The molecule has 198 valence electrons. The van der Waals surface area contributed by atoms with Gasteiger partial charge >= 0.3 is 17.8 Å². The van der Waals surface area contributed by atoms with Gasteiger partial charge in [0.15, 0.2) is 0 Å². The highest BCUT2D eigenvalue weighted by atomic mass is 35.5. The van der Waals surface area contributed by atoms with Gasteiger partial charge in [0.25, 0.3) is 0 Å². The molecule has 1 fully saturated rings. The molecule has 10 nitrogen and oxygen atoms in total. The predicted octanol–water partition coefficient (Wildman–Crippen LogP) is 3.46. The van der Waals surface area contributed by atoms with Gasteiger partial charge in [-0.1, -0.05) is 23.7 Å². The number of para-hydroxylation sites is 2. The molecule has 0 spiro atoms. The van der Waals surface area contributed by atoms with Crippen LogP contribution in [0, 0.1) is 5.92 Å². The summed E-state index contributed by atoms with van der Waals surface area (Å²) < 4.78 is 8.55. The molecule has 1 saturated heterocycles. The fourth-order valence-electron chi connectivity index (χ4n) is 4.75. The van der Waals surface area contributed by atoms with Gasteiger partial charge in [0.2, 0.25) is 0 Å². The summed E-state index contributed by atoms with van der Waals surface area (Å²) in [5.41, 5.74) is 0.997. The van der Waals surface area contributed by atoms with E-state index in [1.54, 1.807) is 34.9 Å². The fraction of sp³-hybridized carbons (Fsp3) is 0.423. The van der Waals surface area contributed by atoms with E-state index in [0.717, 1.165) is 31.4 Å². The van der Waals surface area contributed by atoms with E-state index in [4.69, 9.17) is 16.3 Å². The maximum absolute atomic E-state index is 12.9. The van der Waals surface area contributed by atoms with E-state index in [1.165, 1.54) is 4.57 Å². The first kappa shape index (κ1) is 26.6. The van der Waals surface area contributed by atoms with Gasteiger partial charge in [-0.25, -0.2) is 19.0 Å². The number of piperidine rings is 1. The van der Waals surface area contributed by atoms with Crippen molar-refractivity contribution >= 4 is 34.8 Å². The van der Waals surface area contributed by atoms with Crippen LogP contribution in [-0.2, 0) is 6.54 Å². The van der Waals surface area contributed by atoms with Crippen LogP contribution in [-0.4, -0.2) is 70.1 Å². The molecule has 0 aliphatic carbocycles. The van der Waals surface area contributed by atoms with Crippen LogP contribution in [0.25, 0.3) is 11.0 Å². The van der Waals surface area contributed by atoms with Gasteiger partial charge in [0, 0.05) is 24.7 Å². The minimum atomic E-state index is -1.10. The lowest BCUT2D eigenvalue weighted by Crippen LogP contribution is -2.49. The van der Waals surface area contributed by atoms with Crippen LogP contribution in [0.5, 0.6) is 5.75 Å². The Morgan fingerprint density at radius 2 is 1.78 bits per heavy atom. The Bertz CT molecular complexity index is 1280. The lowest BCUT2D eigenvalue weighted by atomic mass is 9.96. The van der Waals surface area contributed by atoms with Crippen molar-refractivity contribution in [1.82, 2.24) is 24.7 Å². The first-order valence-corrected chi connectivity index (χ1v) is 12.8. The highest BCUT2D eigenvalue weighted by Gasteiger charge is 2.24. The van der Waals surface area contributed by atoms with Crippen molar-refractivity contribution in [3.63, 3.8) is 0 Å². The molecule has 2 aromatic carbocycles. The third-order valence-electron chi connectivity index (χ3n) is 6.68. The van der Waals surface area contributed by atoms with Gasteiger partial charge < -0.3 is 25.4 Å². The topological polar surface area (TPSA) is 118 Å². The summed E-state index contributed by atoms with van der Waals surface area (Å²) in [6.07, 6.45) is 0.606. The number of likely N-dealkylation sites (tertiary alicyclic amines) is 1. The third-order valence-corrected chi connectivity index (χ3v) is 6.93. The van der Waals surface area contributed by atoms with E-state index >= 15 is 0 Å². The molecule has 2 amide bonds. The molecule has 1 atom stereocenters. The molecule has 0 saturated carbocycles. The Hall–Kier alpha value is -3.50. The molecule has 1 unspecified atom stereocenters. The lowest BCUT2D eigenvalue weighted by molar-refractivity contribution is 0.138.